The molecule has 104 valence electrons. The minimum atomic E-state index is -0.205. The van der Waals surface area contributed by atoms with Gasteiger partial charge >= 0.3 is 0 Å². The Hall–Kier alpha value is -1.87. The summed E-state index contributed by atoms with van der Waals surface area (Å²) in [4.78, 5) is 4.13. The maximum atomic E-state index is 9.66. The summed E-state index contributed by atoms with van der Waals surface area (Å²) < 4.78 is 5.94. The quantitative estimate of drug-likeness (QED) is 0.928. The molecule has 1 saturated carbocycles. The predicted molar refractivity (Wildman–Crippen MR) is 78.6 cm³/mol. The van der Waals surface area contributed by atoms with Gasteiger partial charge in [-0.15, -0.1) is 0 Å². The Balaban J connectivity index is 1.67. The van der Waals surface area contributed by atoms with Crippen LogP contribution in [0.15, 0.2) is 48.8 Å². The zero-order valence-electron chi connectivity index (χ0n) is 11.4. The lowest BCUT2D eigenvalue weighted by molar-refractivity contribution is 0.0536. The minimum absolute atomic E-state index is 0.142. The van der Waals surface area contributed by atoms with Crippen molar-refractivity contribution in [2.75, 3.05) is 0 Å². The van der Waals surface area contributed by atoms with Gasteiger partial charge in [0.25, 0.3) is 0 Å². The molecule has 0 spiro atoms. The van der Waals surface area contributed by atoms with Crippen LogP contribution >= 0.6 is 0 Å². The molecule has 1 heterocycles. The third kappa shape index (κ3) is 3.17. The lowest BCUT2D eigenvalue weighted by Gasteiger charge is -2.26. The molecular formula is C17H19NO2. The van der Waals surface area contributed by atoms with Crippen molar-refractivity contribution in [3.63, 3.8) is 0 Å². The second-order valence-electron chi connectivity index (χ2n) is 5.33. The molecule has 1 aliphatic rings. The van der Waals surface area contributed by atoms with E-state index in [0.717, 1.165) is 42.6 Å². The van der Waals surface area contributed by atoms with Crippen LogP contribution in [-0.4, -0.2) is 22.3 Å². The SMILES string of the molecule is OC1CCCC(Oc2ccc(-c3cccnc3)cc2)C1. The first-order valence-corrected chi connectivity index (χ1v) is 7.16. The standard InChI is InChI=1S/C17H19NO2/c19-15-4-1-5-17(11-15)20-16-8-6-13(7-9-16)14-3-2-10-18-12-14/h2-3,6-10,12,15,17,19H,1,4-5,11H2. The third-order valence-corrected chi connectivity index (χ3v) is 3.75. The van der Waals surface area contributed by atoms with Crippen molar-refractivity contribution in [3.05, 3.63) is 48.8 Å². The summed E-state index contributed by atoms with van der Waals surface area (Å²) >= 11 is 0. The number of rotatable bonds is 3. The van der Waals surface area contributed by atoms with Crippen LogP contribution in [0.5, 0.6) is 5.75 Å². The van der Waals surface area contributed by atoms with Gasteiger partial charge in [-0.2, -0.15) is 0 Å². The lowest BCUT2D eigenvalue weighted by atomic mass is 9.95. The van der Waals surface area contributed by atoms with Gasteiger partial charge in [0.2, 0.25) is 0 Å². The van der Waals surface area contributed by atoms with Gasteiger partial charge in [-0.1, -0.05) is 18.2 Å². The maximum Gasteiger partial charge on any atom is 0.119 e. The van der Waals surface area contributed by atoms with Crippen LogP contribution in [0.3, 0.4) is 0 Å². The van der Waals surface area contributed by atoms with Crippen molar-refractivity contribution in [3.8, 4) is 16.9 Å². The number of pyridine rings is 1. The van der Waals surface area contributed by atoms with E-state index in [9.17, 15) is 5.11 Å². The smallest absolute Gasteiger partial charge is 0.119 e. The Bertz CT molecular complexity index is 539. The van der Waals surface area contributed by atoms with Crippen LogP contribution in [0.25, 0.3) is 11.1 Å². The van der Waals surface area contributed by atoms with Crippen molar-refractivity contribution in [2.45, 2.75) is 37.9 Å². The number of aliphatic hydroxyl groups is 1. The second-order valence-corrected chi connectivity index (χ2v) is 5.33. The maximum absolute atomic E-state index is 9.66. The molecule has 0 aliphatic heterocycles. The number of hydrogen-bond acceptors (Lipinski definition) is 3. The summed E-state index contributed by atoms with van der Waals surface area (Å²) in [7, 11) is 0. The number of benzene rings is 1. The van der Waals surface area contributed by atoms with Gasteiger partial charge in [-0.05, 0) is 48.6 Å². The second kappa shape index (κ2) is 6.06. The van der Waals surface area contributed by atoms with E-state index in [2.05, 4.69) is 4.98 Å². The molecule has 0 saturated heterocycles. The summed E-state index contributed by atoms with van der Waals surface area (Å²) in [5.41, 5.74) is 2.24. The first-order valence-electron chi connectivity index (χ1n) is 7.16. The summed E-state index contributed by atoms with van der Waals surface area (Å²) in [6.45, 7) is 0. The number of nitrogens with zero attached hydrogens (tertiary/aromatic N) is 1. The van der Waals surface area contributed by atoms with E-state index in [1.165, 1.54) is 0 Å². The number of aliphatic hydroxyl groups excluding tert-OH is 1. The van der Waals surface area contributed by atoms with E-state index < -0.39 is 0 Å². The minimum Gasteiger partial charge on any atom is -0.490 e. The van der Waals surface area contributed by atoms with Crippen molar-refractivity contribution in [1.82, 2.24) is 4.98 Å². The molecule has 0 bridgehead atoms. The number of hydrogen-bond donors (Lipinski definition) is 1. The van der Waals surface area contributed by atoms with Crippen molar-refractivity contribution >= 4 is 0 Å². The van der Waals surface area contributed by atoms with Crippen molar-refractivity contribution < 1.29 is 9.84 Å². The molecule has 1 N–H and O–H groups in total. The van der Waals surface area contributed by atoms with E-state index >= 15 is 0 Å². The van der Waals surface area contributed by atoms with E-state index in [1.54, 1.807) is 6.20 Å². The van der Waals surface area contributed by atoms with Crippen LogP contribution in [0.2, 0.25) is 0 Å². The average molecular weight is 269 g/mol. The number of ether oxygens (including phenoxy) is 1. The number of aromatic nitrogens is 1. The van der Waals surface area contributed by atoms with Crippen LogP contribution in [0.4, 0.5) is 0 Å². The summed E-state index contributed by atoms with van der Waals surface area (Å²) in [6, 6.07) is 12.0. The molecule has 3 rings (SSSR count). The van der Waals surface area contributed by atoms with Gasteiger partial charge in [0.05, 0.1) is 6.10 Å². The Morgan fingerprint density at radius 2 is 1.90 bits per heavy atom. The fourth-order valence-electron chi connectivity index (χ4n) is 2.68. The summed E-state index contributed by atoms with van der Waals surface area (Å²) in [5, 5.41) is 9.66. The molecule has 3 nitrogen and oxygen atoms in total. The van der Waals surface area contributed by atoms with E-state index in [0.29, 0.717) is 0 Å². The highest BCUT2D eigenvalue weighted by molar-refractivity contribution is 5.62. The molecule has 2 atom stereocenters. The Labute approximate surface area is 119 Å². The van der Waals surface area contributed by atoms with Gasteiger partial charge in [0, 0.05) is 18.8 Å². The Kier molecular flexibility index (Phi) is 3.97. The highest BCUT2D eigenvalue weighted by Gasteiger charge is 2.21. The normalized spacial score (nSPS) is 22.4. The molecule has 1 aromatic heterocycles. The van der Waals surface area contributed by atoms with Gasteiger partial charge in [0.15, 0.2) is 0 Å². The van der Waals surface area contributed by atoms with Crippen molar-refractivity contribution in [1.29, 1.82) is 0 Å². The first kappa shape index (κ1) is 13.1. The van der Waals surface area contributed by atoms with Gasteiger partial charge in [-0.3, -0.25) is 4.98 Å². The molecule has 2 aromatic rings. The predicted octanol–water partition coefficient (Wildman–Crippen LogP) is 3.43. The molecule has 2 unspecified atom stereocenters. The highest BCUT2D eigenvalue weighted by Crippen LogP contribution is 2.26. The van der Waals surface area contributed by atoms with Crippen molar-refractivity contribution in [2.24, 2.45) is 0 Å². The summed E-state index contributed by atoms with van der Waals surface area (Å²) in [6.07, 6.45) is 7.28. The molecule has 1 aromatic carbocycles. The molecule has 0 radical (unpaired) electrons. The van der Waals surface area contributed by atoms with E-state index in [-0.39, 0.29) is 12.2 Å². The highest BCUT2D eigenvalue weighted by atomic mass is 16.5. The fraction of sp³-hybridized carbons (Fsp3) is 0.353. The van der Waals surface area contributed by atoms with Gasteiger partial charge in [-0.25, -0.2) is 0 Å². The Morgan fingerprint density at radius 3 is 2.60 bits per heavy atom. The Morgan fingerprint density at radius 1 is 1.05 bits per heavy atom. The van der Waals surface area contributed by atoms with Gasteiger partial charge < -0.3 is 9.84 Å². The molecule has 0 amide bonds. The first-order chi connectivity index (χ1) is 9.81. The molecule has 1 fully saturated rings. The fourth-order valence-corrected chi connectivity index (χ4v) is 2.68. The van der Waals surface area contributed by atoms with Crippen LogP contribution < -0.4 is 4.74 Å². The lowest BCUT2D eigenvalue weighted by Crippen LogP contribution is -2.28. The average Bonchev–Trinajstić information content (AvgIpc) is 2.49. The largest absolute Gasteiger partial charge is 0.490 e. The van der Waals surface area contributed by atoms with Gasteiger partial charge in [0.1, 0.15) is 11.9 Å². The monoisotopic (exact) mass is 269 g/mol. The third-order valence-electron chi connectivity index (χ3n) is 3.75. The van der Waals surface area contributed by atoms with E-state index in [4.69, 9.17) is 4.74 Å². The molecule has 3 heteroatoms. The van der Waals surface area contributed by atoms with Crippen LogP contribution in [0, 0.1) is 0 Å². The zero-order valence-corrected chi connectivity index (χ0v) is 11.4. The molecule has 1 aliphatic carbocycles. The summed E-state index contributed by atoms with van der Waals surface area (Å²) in [5.74, 6) is 0.872. The van der Waals surface area contributed by atoms with Crippen LogP contribution in [-0.2, 0) is 0 Å². The molecular weight excluding hydrogens is 250 g/mol. The topological polar surface area (TPSA) is 42.4 Å². The van der Waals surface area contributed by atoms with E-state index in [1.807, 2.05) is 42.6 Å². The van der Waals surface area contributed by atoms with Crippen LogP contribution in [0.1, 0.15) is 25.7 Å². The molecule has 20 heavy (non-hydrogen) atoms. The zero-order chi connectivity index (χ0) is 13.8.